The second kappa shape index (κ2) is 4.43. The highest BCUT2D eigenvalue weighted by molar-refractivity contribution is 7.94. The molecule has 0 atom stereocenters. The van der Waals surface area contributed by atoms with Crippen LogP contribution in [0.25, 0.3) is 0 Å². The van der Waals surface area contributed by atoms with Crippen LogP contribution in [0, 0.1) is 6.92 Å². The molecule has 13 heavy (non-hydrogen) atoms. The van der Waals surface area contributed by atoms with Crippen molar-refractivity contribution in [2.45, 2.75) is 6.92 Å². The number of hydrogen-bond acceptors (Lipinski definition) is 4. The highest BCUT2D eigenvalue weighted by atomic mass is 32.2. The van der Waals surface area contributed by atoms with Crippen LogP contribution in [-0.2, 0) is 0 Å². The van der Waals surface area contributed by atoms with Gasteiger partial charge in [-0.1, -0.05) is 17.7 Å². The Labute approximate surface area is 87.8 Å². The van der Waals surface area contributed by atoms with E-state index >= 15 is 0 Å². The van der Waals surface area contributed by atoms with Gasteiger partial charge in [0, 0.05) is 0 Å². The molecule has 0 spiro atoms. The van der Waals surface area contributed by atoms with Gasteiger partial charge in [-0.05, 0) is 44.7 Å². The van der Waals surface area contributed by atoms with Crippen molar-refractivity contribution in [2.24, 2.45) is 0 Å². The standard InChI is InChI=1S/C8H9NO2S2/c1-6-2-4-7(5-3-6)11-8(10)9(12)13/h2-5,12-13H,1H3. The molecule has 0 radical (unpaired) electrons. The molecular weight excluding hydrogens is 206 g/mol. The maximum atomic E-state index is 10.9. The predicted molar refractivity (Wildman–Crippen MR) is 57.0 cm³/mol. The van der Waals surface area contributed by atoms with Crippen LogP contribution >= 0.6 is 25.6 Å². The van der Waals surface area contributed by atoms with Crippen LogP contribution in [0.5, 0.6) is 5.75 Å². The number of ether oxygens (including phenoxy) is 1. The minimum atomic E-state index is -0.629. The molecule has 0 fully saturated rings. The second-order valence-electron chi connectivity index (χ2n) is 2.47. The third-order valence-corrected chi connectivity index (χ3v) is 1.72. The lowest BCUT2D eigenvalue weighted by Gasteiger charge is -2.07. The first kappa shape index (κ1) is 10.3. The van der Waals surface area contributed by atoms with E-state index in [1.54, 1.807) is 12.1 Å². The first-order chi connectivity index (χ1) is 6.09. The fraction of sp³-hybridized carbons (Fsp3) is 0.125. The molecule has 0 saturated heterocycles. The van der Waals surface area contributed by atoms with Gasteiger partial charge in [0.15, 0.2) is 0 Å². The molecule has 3 nitrogen and oxygen atoms in total. The predicted octanol–water partition coefficient (Wildman–Crippen LogP) is 2.49. The zero-order chi connectivity index (χ0) is 9.84. The number of benzene rings is 1. The fourth-order valence-electron chi connectivity index (χ4n) is 0.748. The summed E-state index contributed by atoms with van der Waals surface area (Å²) >= 11 is 7.33. The summed E-state index contributed by atoms with van der Waals surface area (Å²) in [5, 5.41) is 0. The first-order valence-corrected chi connectivity index (χ1v) is 4.36. The summed E-state index contributed by atoms with van der Waals surface area (Å²) in [4.78, 5) is 10.9. The lowest BCUT2D eigenvalue weighted by molar-refractivity contribution is 0.197. The SMILES string of the molecule is Cc1ccc(OC(=O)N(S)S)cc1. The van der Waals surface area contributed by atoms with Gasteiger partial charge in [-0.15, -0.1) is 0 Å². The molecule has 0 aliphatic heterocycles. The van der Waals surface area contributed by atoms with Crippen molar-refractivity contribution in [3.05, 3.63) is 29.8 Å². The quantitative estimate of drug-likeness (QED) is 0.705. The van der Waals surface area contributed by atoms with E-state index in [0.717, 1.165) is 9.27 Å². The van der Waals surface area contributed by atoms with E-state index in [1.165, 1.54) is 0 Å². The molecule has 0 aromatic heterocycles. The third kappa shape index (κ3) is 3.20. The summed E-state index contributed by atoms with van der Waals surface area (Å²) in [6, 6.07) is 7.12. The molecule has 5 heteroatoms. The lowest BCUT2D eigenvalue weighted by atomic mass is 10.2. The summed E-state index contributed by atoms with van der Waals surface area (Å²) in [5.74, 6) is 0.476. The van der Waals surface area contributed by atoms with Gasteiger partial charge in [0.05, 0.1) is 0 Å². The molecule has 0 bridgehead atoms. The molecule has 0 aliphatic rings. The molecule has 70 valence electrons. The highest BCUT2D eigenvalue weighted by Gasteiger charge is 2.07. The summed E-state index contributed by atoms with van der Waals surface area (Å²) in [6.45, 7) is 1.95. The molecule has 1 aromatic rings. The van der Waals surface area contributed by atoms with Crippen LogP contribution in [0.2, 0.25) is 0 Å². The van der Waals surface area contributed by atoms with Gasteiger partial charge in [0.2, 0.25) is 0 Å². The van der Waals surface area contributed by atoms with Gasteiger partial charge in [-0.3, -0.25) is 0 Å². The van der Waals surface area contributed by atoms with Crippen LogP contribution in [-0.4, -0.2) is 9.80 Å². The number of carbonyl (C=O) groups is 1. The van der Waals surface area contributed by atoms with Gasteiger partial charge >= 0.3 is 6.09 Å². The van der Waals surface area contributed by atoms with Crippen molar-refractivity contribution >= 4 is 31.7 Å². The average Bonchev–Trinajstić information content (AvgIpc) is 2.08. The Hall–Kier alpha value is -0.810. The number of nitrogens with zero attached hydrogens (tertiary/aromatic N) is 1. The molecule has 0 N–H and O–H groups in total. The van der Waals surface area contributed by atoms with Crippen LogP contribution in [0.3, 0.4) is 0 Å². The van der Waals surface area contributed by atoms with E-state index < -0.39 is 6.09 Å². The molecule has 1 amide bonds. The van der Waals surface area contributed by atoms with E-state index in [0.29, 0.717) is 5.75 Å². The number of hydrogen-bond donors (Lipinski definition) is 2. The first-order valence-electron chi connectivity index (χ1n) is 3.56. The Balaban J connectivity index is 2.65. The summed E-state index contributed by atoms with van der Waals surface area (Å²) in [6.07, 6.45) is -0.629. The van der Waals surface area contributed by atoms with Crippen molar-refractivity contribution in [1.29, 1.82) is 0 Å². The number of amides is 1. The van der Waals surface area contributed by atoms with E-state index in [-0.39, 0.29) is 0 Å². The Kier molecular flexibility index (Phi) is 3.50. The van der Waals surface area contributed by atoms with Crippen molar-refractivity contribution in [3.63, 3.8) is 0 Å². The van der Waals surface area contributed by atoms with Gasteiger partial charge in [-0.25, -0.2) is 4.79 Å². The van der Waals surface area contributed by atoms with E-state index in [1.807, 2.05) is 19.1 Å². The van der Waals surface area contributed by atoms with Crippen molar-refractivity contribution < 1.29 is 9.53 Å². The van der Waals surface area contributed by atoms with Gasteiger partial charge in [0.25, 0.3) is 0 Å². The Morgan fingerprint density at radius 1 is 1.31 bits per heavy atom. The van der Waals surface area contributed by atoms with Gasteiger partial charge in [0.1, 0.15) is 5.75 Å². The average molecular weight is 215 g/mol. The van der Waals surface area contributed by atoms with E-state index in [2.05, 4.69) is 25.6 Å². The molecule has 0 unspecified atom stereocenters. The number of rotatable bonds is 1. The lowest BCUT2D eigenvalue weighted by Crippen LogP contribution is -2.16. The molecule has 0 saturated carbocycles. The van der Waals surface area contributed by atoms with Crippen molar-refractivity contribution in [2.75, 3.05) is 0 Å². The smallest absolute Gasteiger partial charge is 0.409 e. The second-order valence-corrected chi connectivity index (χ2v) is 3.59. The van der Waals surface area contributed by atoms with Crippen LogP contribution in [0.1, 0.15) is 5.56 Å². The molecule has 1 rings (SSSR count). The maximum Gasteiger partial charge on any atom is 0.435 e. The maximum absolute atomic E-state index is 10.9. The van der Waals surface area contributed by atoms with Crippen LogP contribution in [0.4, 0.5) is 4.79 Å². The minimum absolute atomic E-state index is 0.476. The van der Waals surface area contributed by atoms with Gasteiger partial charge in [-0.2, -0.15) is 3.71 Å². The third-order valence-electron chi connectivity index (χ3n) is 1.39. The highest BCUT2D eigenvalue weighted by Crippen LogP contribution is 2.13. The Morgan fingerprint density at radius 3 is 2.31 bits per heavy atom. The molecule has 0 aliphatic carbocycles. The summed E-state index contributed by atoms with van der Waals surface area (Å²) < 4.78 is 5.64. The number of aryl methyl sites for hydroxylation is 1. The number of carbonyl (C=O) groups excluding carboxylic acids is 1. The van der Waals surface area contributed by atoms with Crippen molar-refractivity contribution in [1.82, 2.24) is 3.71 Å². The monoisotopic (exact) mass is 215 g/mol. The minimum Gasteiger partial charge on any atom is -0.409 e. The number of thiol groups is 2. The van der Waals surface area contributed by atoms with Gasteiger partial charge < -0.3 is 4.74 Å². The molecule has 1 aromatic carbocycles. The largest absolute Gasteiger partial charge is 0.435 e. The zero-order valence-corrected chi connectivity index (χ0v) is 8.76. The van der Waals surface area contributed by atoms with E-state index in [9.17, 15) is 4.79 Å². The topological polar surface area (TPSA) is 29.5 Å². The Bertz CT molecular complexity index is 298. The molecular formula is C8H9NO2S2. The van der Waals surface area contributed by atoms with Crippen LogP contribution in [0.15, 0.2) is 24.3 Å². The van der Waals surface area contributed by atoms with Crippen LogP contribution < -0.4 is 4.74 Å². The summed E-state index contributed by atoms with van der Waals surface area (Å²) in [7, 11) is 0. The summed E-state index contributed by atoms with van der Waals surface area (Å²) in [5.41, 5.74) is 1.11. The fourth-order valence-corrected chi connectivity index (χ4v) is 0.830. The normalized spacial score (nSPS) is 9.46. The van der Waals surface area contributed by atoms with Crippen molar-refractivity contribution in [3.8, 4) is 5.75 Å². The Morgan fingerprint density at radius 2 is 1.85 bits per heavy atom. The van der Waals surface area contributed by atoms with E-state index in [4.69, 9.17) is 4.74 Å². The molecule has 0 heterocycles. The zero-order valence-electron chi connectivity index (χ0n) is 6.97.